The number of nitrogens with zero attached hydrogens (tertiary/aromatic N) is 4. The molecule has 108 valence electrons. The van der Waals surface area contributed by atoms with Gasteiger partial charge in [0.05, 0.1) is 6.33 Å². The second kappa shape index (κ2) is 4.35. The minimum atomic E-state index is -1.52. The van der Waals surface area contributed by atoms with Gasteiger partial charge >= 0.3 is 0 Å². The first-order valence-corrected chi connectivity index (χ1v) is 6.15. The van der Waals surface area contributed by atoms with Crippen molar-refractivity contribution in [1.82, 2.24) is 19.5 Å². The first-order valence-electron chi connectivity index (χ1n) is 6.15. The van der Waals surface area contributed by atoms with Crippen LogP contribution >= 0.6 is 0 Å². The second-order valence-corrected chi connectivity index (χ2v) is 5.02. The zero-order chi connectivity index (χ0) is 14.5. The van der Waals surface area contributed by atoms with Gasteiger partial charge in [-0.05, 0) is 6.92 Å². The second-order valence-electron chi connectivity index (χ2n) is 5.02. The predicted molar refractivity (Wildman–Crippen MR) is 69.3 cm³/mol. The summed E-state index contributed by atoms with van der Waals surface area (Å²) in [7, 11) is 0. The van der Waals surface area contributed by atoms with Gasteiger partial charge in [0.25, 0.3) is 0 Å². The lowest BCUT2D eigenvalue weighted by Gasteiger charge is -2.27. The van der Waals surface area contributed by atoms with Gasteiger partial charge in [-0.2, -0.15) is 0 Å². The first-order chi connectivity index (χ1) is 9.46. The van der Waals surface area contributed by atoms with Gasteiger partial charge < -0.3 is 26.4 Å². The Hall–Kier alpha value is -1.81. The summed E-state index contributed by atoms with van der Waals surface area (Å²) in [4.78, 5) is 12.1. The Morgan fingerprint density at radius 1 is 1.45 bits per heavy atom. The van der Waals surface area contributed by atoms with Crippen LogP contribution in [-0.4, -0.2) is 54.1 Å². The van der Waals surface area contributed by atoms with Crippen LogP contribution in [-0.2, 0) is 4.74 Å². The van der Waals surface area contributed by atoms with Crippen molar-refractivity contribution < 1.29 is 14.9 Å². The number of rotatable bonds is 2. The summed E-state index contributed by atoms with van der Waals surface area (Å²) in [6, 6.07) is 0. The van der Waals surface area contributed by atoms with E-state index in [1.807, 2.05) is 0 Å². The number of hydrogen-bond donors (Lipinski definition) is 4. The number of hydrogen-bond acceptors (Lipinski definition) is 8. The van der Waals surface area contributed by atoms with Crippen molar-refractivity contribution in [2.24, 2.45) is 5.73 Å². The number of aromatic nitrogens is 4. The molecular formula is C11H16N6O3. The van der Waals surface area contributed by atoms with Crippen molar-refractivity contribution in [2.45, 2.75) is 31.0 Å². The number of nitrogen functional groups attached to an aromatic ring is 1. The van der Waals surface area contributed by atoms with Crippen molar-refractivity contribution in [3.8, 4) is 0 Å². The fourth-order valence-corrected chi connectivity index (χ4v) is 2.47. The van der Waals surface area contributed by atoms with Gasteiger partial charge in [-0.1, -0.05) is 0 Å². The van der Waals surface area contributed by atoms with Crippen molar-refractivity contribution >= 4 is 17.0 Å². The lowest BCUT2D eigenvalue weighted by Crippen LogP contribution is -2.45. The van der Waals surface area contributed by atoms with Crippen LogP contribution in [0.1, 0.15) is 13.2 Å². The summed E-state index contributed by atoms with van der Waals surface area (Å²) >= 11 is 0. The summed E-state index contributed by atoms with van der Waals surface area (Å²) in [6.07, 6.45) is 0.128. The Labute approximate surface area is 114 Å². The fraction of sp³-hybridized carbons (Fsp3) is 0.545. The molecule has 3 rings (SSSR count). The molecule has 2 unspecified atom stereocenters. The molecule has 0 saturated carbocycles. The highest BCUT2D eigenvalue weighted by Gasteiger charge is 2.52. The maximum atomic E-state index is 10.5. The molecule has 1 aliphatic rings. The molecule has 1 saturated heterocycles. The van der Waals surface area contributed by atoms with Gasteiger partial charge in [-0.3, -0.25) is 4.57 Å². The maximum Gasteiger partial charge on any atom is 0.168 e. The molecule has 9 nitrogen and oxygen atoms in total. The van der Waals surface area contributed by atoms with Crippen LogP contribution in [0.4, 0.5) is 5.82 Å². The molecule has 2 aromatic rings. The van der Waals surface area contributed by atoms with Crippen molar-refractivity contribution in [1.29, 1.82) is 0 Å². The number of nitrogens with two attached hydrogens (primary N) is 2. The molecule has 20 heavy (non-hydrogen) atoms. The molecule has 6 N–H and O–H groups in total. The Morgan fingerprint density at radius 3 is 2.85 bits per heavy atom. The molecule has 0 spiro atoms. The third kappa shape index (κ3) is 1.68. The van der Waals surface area contributed by atoms with Crippen molar-refractivity contribution in [3.05, 3.63) is 12.7 Å². The van der Waals surface area contributed by atoms with Gasteiger partial charge in [0, 0.05) is 6.54 Å². The SMILES string of the molecule is CC1(O)C(O)[C@@H](CN)O[C@H]1n1cnc2c(N)ncnc21. The van der Waals surface area contributed by atoms with Crippen LogP contribution < -0.4 is 11.5 Å². The summed E-state index contributed by atoms with van der Waals surface area (Å²) in [5.41, 5.74) is 10.6. The zero-order valence-electron chi connectivity index (χ0n) is 10.8. The van der Waals surface area contributed by atoms with E-state index in [1.54, 1.807) is 0 Å². The molecule has 3 heterocycles. The van der Waals surface area contributed by atoms with Gasteiger partial charge in [-0.25, -0.2) is 15.0 Å². The largest absolute Gasteiger partial charge is 0.387 e. The average molecular weight is 280 g/mol. The molecule has 0 aliphatic carbocycles. The minimum Gasteiger partial charge on any atom is -0.387 e. The van der Waals surface area contributed by atoms with Gasteiger partial charge in [0.1, 0.15) is 29.7 Å². The molecule has 0 bridgehead atoms. The van der Waals surface area contributed by atoms with E-state index in [9.17, 15) is 10.2 Å². The minimum absolute atomic E-state index is 0.0948. The van der Waals surface area contributed by atoms with E-state index >= 15 is 0 Å². The summed E-state index contributed by atoms with van der Waals surface area (Å²) in [6.45, 7) is 1.58. The molecule has 9 heteroatoms. The summed E-state index contributed by atoms with van der Waals surface area (Å²) < 4.78 is 7.15. The number of fused-ring (bicyclic) bond motifs is 1. The van der Waals surface area contributed by atoms with E-state index in [0.29, 0.717) is 11.2 Å². The van der Waals surface area contributed by atoms with Crippen molar-refractivity contribution in [3.63, 3.8) is 0 Å². The molecule has 0 amide bonds. The predicted octanol–water partition coefficient (Wildman–Crippen LogP) is -1.62. The van der Waals surface area contributed by atoms with E-state index in [0.717, 1.165) is 0 Å². The van der Waals surface area contributed by atoms with Crippen LogP contribution in [0.5, 0.6) is 0 Å². The fourth-order valence-electron chi connectivity index (χ4n) is 2.47. The molecular weight excluding hydrogens is 264 g/mol. The Kier molecular flexibility index (Phi) is 2.87. The highest BCUT2D eigenvalue weighted by Crippen LogP contribution is 2.39. The lowest BCUT2D eigenvalue weighted by molar-refractivity contribution is -0.0937. The van der Waals surface area contributed by atoms with E-state index < -0.39 is 24.0 Å². The normalized spacial score (nSPS) is 33.9. The van der Waals surface area contributed by atoms with E-state index in [4.69, 9.17) is 16.2 Å². The Morgan fingerprint density at radius 2 is 2.20 bits per heavy atom. The third-order valence-corrected chi connectivity index (χ3v) is 3.63. The number of imidazole rings is 1. The van der Waals surface area contributed by atoms with Gasteiger partial charge in [0.15, 0.2) is 17.7 Å². The number of aliphatic hydroxyl groups excluding tert-OH is 1. The highest BCUT2D eigenvalue weighted by atomic mass is 16.6. The Balaban J connectivity index is 2.10. The molecule has 2 aromatic heterocycles. The molecule has 1 aliphatic heterocycles. The zero-order valence-corrected chi connectivity index (χ0v) is 10.8. The van der Waals surface area contributed by atoms with E-state index in [1.165, 1.54) is 24.1 Å². The van der Waals surface area contributed by atoms with Crippen LogP contribution in [0.3, 0.4) is 0 Å². The topological polar surface area (TPSA) is 145 Å². The van der Waals surface area contributed by atoms with Crippen LogP contribution in [0, 0.1) is 0 Å². The van der Waals surface area contributed by atoms with Crippen molar-refractivity contribution in [2.75, 3.05) is 12.3 Å². The van der Waals surface area contributed by atoms with Crippen LogP contribution in [0.15, 0.2) is 12.7 Å². The molecule has 0 aromatic carbocycles. The molecule has 4 atom stereocenters. The monoisotopic (exact) mass is 280 g/mol. The van der Waals surface area contributed by atoms with Crippen LogP contribution in [0.25, 0.3) is 11.2 Å². The maximum absolute atomic E-state index is 10.5. The van der Waals surface area contributed by atoms with Gasteiger partial charge in [0.2, 0.25) is 0 Å². The number of anilines is 1. The Bertz CT molecular complexity index is 642. The van der Waals surface area contributed by atoms with Gasteiger partial charge in [-0.15, -0.1) is 0 Å². The summed E-state index contributed by atoms with van der Waals surface area (Å²) in [5, 5.41) is 20.5. The molecule has 0 radical (unpaired) electrons. The highest BCUT2D eigenvalue weighted by molar-refractivity contribution is 5.81. The smallest absolute Gasteiger partial charge is 0.168 e. The quantitative estimate of drug-likeness (QED) is 0.513. The lowest BCUT2D eigenvalue weighted by atomic mass is 9.96. The molecule has 1 fully saturated rings. The average Bonchev–Trinajstić information content (AvgIpc) is 2.92. The standard InChI is InChI=1S/C11H16N6O3/c1-11(19)7(18)5(2-12)20-10(11)17-4-16-6-8(13)14-3-15-9(6)17/h3-5,7,10,18-19H,2,12H2,1H3,(H2,13,14,15)/t5-,7?,10-,11?/m1/s1. The summed E-state index contributed by atoms with van der Waals surface area (Å²) in [5.74, 6) is 0.238. The van der Waals surface area contributed by atoms with Crippen LogP contribution in [0.2, 0.25) is 0 Å². The van der Waals surface area contributed by atoms with E-state index in [2.05, 4.69) is 15.0 Å². The first kappa shape index (κ1) is 13.2. The number of ether oxygens (including phenoxy) is 1. The third-order valence-electron chi connectivity index (χ3n) is 3.63. The number of aliphatic hydroxyl groups is 2. The van der Waals surface area contributed by atoms with E-state index in [-0.39, 0.29) is 12.4 Å².